The number of hydrogen-bond donors (Lipinski definition) is 0. The molecule has 0 saturated carbocycles. The largest absolute Gasteiger partial charge is 0.451 e. The van der Waals surface area contributed by atoms with Crippen molar-refractivity contribution in [1.29, 1.82) is 0 Å². The van der Waals surface area contributed by atoms with Gasteiger partial charge in [-0.1, -0.05) is 0 Å². The van der Waals surface area contributed by atoms with Crippen molar-refractivity contribution in [2.45, 2.75) is 38.3 Å². The predicted molar refractivity (Wildman–Crippen MR) is 50.9 cm³/mol. The molecule has 2 rings (SSSR count). The Morgan fingerprint density at radius 2 is 1.22 bits per heavy atom. The minimum absolute atomic E-state index is 0.704. The molecule has 4 unspecified atom stereocenters. The Kier molecular flexibility index (Phi) is 2.93. The van der Waals surface area contributed by atoms with Crippen LogP contribution in [0.5, 0.6) is 0 Å². The number of ether oxygens (including phenoxy) is 4. The van der Waals surface area contributed by atoms with Crippen molar-refractivity contribution < 1.29 is 38.1 Å². The molecule has 0 aromatic heterocycles. The Bertz CT molecular complexity index is 388. The van der Waals surface area contributed by atoms with Crippen molar-refractivity contribution in [2.75, 3.05) is 0 Å². The van der Waals surface area contributed by atoms with Gasteiger partial charge in [0.15, 0.2) is 12.2 Å². The zero-order chi connectivity index (χ0) is 13.4. The first-order chi connectivity index (χ1) is 8.40. The second-order valence-electron chi connectivity index (χ2n) is 3.86. The van der Waals surface area contributed by atoms with E-state index in [4.69, 9.17) is 18.9 Å². The average molecular weight is 258 g/mol. The van der Waals surface area contributed by atoms with Gasteiger partial charge in [-0.05, 0) is 0 Å². The first-order valence-electron chi connectivity index (χ1n) is 5.15. The molecule has 2 saturated heterocycles. The van der Waals surface area contributed by atoms with Gasteiger partial charge in [-0.25, -0.2) is 9.59 Å². The van der Waals surface area contributed by atoms with Crippen molar-refractivity contribution in [2.24, 2.45) is 0 Å². The Morgan fingerprint density at radius 3 is 1.50 bits per heavy atom. The topological polar surface area (TPSA) is 105 Å². The normalized spacial score (nSPS) is 33.4. The van der Waals surface area contributed by atoms with Crippen LogP contribution in [0.4, 0.5) is 0 Å². The number of carbonyl (C=O) groups is 4. The summed E-state index contributed by atoms with van der Waals surface area (Å²) in [5.41, 5.74) is 0. The first-order valence-corrected chi connectivity index (χ1v) is 5.15. The monoisotopic (exact) mass is 258 g/mol. The van der Waals surface area contributed by atoms with Crippen LogP contribution in [0.3, 0.4) is 0 Å². The Hall–Kier alpha value is -2.12. The van der Waals surface area contributed by atoms with Gasteiger partial charge in [0, 0.05) is 13.8 Å². The molecule has 0 aromatic carbocycles. The number of esters is 4. The second-order valence-corrected chi connectivity index (χ2v) is 3.86. The van der Waals surface area contributed by atoms with E-state index in [9.17, 15) is 19.2 Å². The van der Waals surface area contributed by atoms with E-state index in [0.29, 0.717) is 0 Å². The van der Waals surface area contributed by atoms with Crippen molar-refractivity contribution in [3.63, 3.8) is 0 Å². The quantitative estimate of drug-likeness (QED) is 0.444. The fourth-order valence-corrected chi connectivity index (χ4v) is 1.86. The predicted octanol–water partition coefficient (Wildman–Crippen LogP) is -1.30. The van der Waals surface area contributed by atoms with E-state index in [0.717, 1.165) is 13.8 Å². The van der Waals surface area contributed by atoms with Crippen LogP contribution < -0.4 is 0 Å². The van der Waals surface area contributed by atoms with E-state index < -0.39 is 48.3 Å². The summed E-state index contributed by atoms with van der Waals surface area (Å²) in [6, 6.07) is 0. The minimum atomic E-state index is -1.31. The van der Waals surface area contributed by atoms with Gasteiger partial charge in [-0.2, -0.15) is 0 Å². The summed E-state index contributed by atoms with van der Waals surface area (Å²) in [6.07, 6.45) is -4.76. The lowest BCUT2D eigenvalue weighted by molar-refractivity contribution is -0.173. The molecule has 98 valence electrons. The SMILES string of the molecule is CC(=O)OC1C(=O)OC2C(OC(C)=O)C(=O)OC12. The fraction of sp³-hybridized carbons (Fsp3) is 0.600. The van der Waals surface area contributed by atoms with E-state index in [1.807, 2.05) is 0 Å². The maximum absolute atomic E-state index is 11.4. The highest BCUT2D eigenvalue weighted by molar-refractivity contribution is 5.88. The zero-order valence-electron chi connectivity index (χ0n) is 9.58. The molecule has 18 heavy (non-hydrogen) atoms. The highest BCUT2D eigenvalue weighted by atomic mass is 16.7. The molecule has 2 fully saturated rings. The molecule has 0 radical (unpaired) electrons. The summed E-state index contributed by atoms with van der Waals surface area (Å²) in [5, 5.41) is 0. The summed E-state index contributed by atoms with van der Waals surface area (Å²) >= 11 is 0. The Morgan fingerprint density at radius 1 is 0.889 bits per heavy atom. The molecule has 4 atom stereocenters. The van der Waals surface area contributed by atoms with E-state index in [1.54, 1.807) is 0 Å². The van der Waals surface area contributed by atoms with Gasteiger partial charge in [-0.3, -0.25) is 9.59 Å². The van der Waals surface area contributed by atoms with Crippen LogP contribution in [0.1, 0.15) is 13.8 Å². The van der Waals surface area contributed by atoms with Crippen LogP contribution in [0.15, 0.2) is 0 Å². The Labute approximate surface area is 101 Å². The maximum Gasteiger partial charge on any atom is 0.352 e. The number of carbonyl (C=O) groups excluding carboxylic acids is 4. The average Bonchev–Trinajstić information content (AvgIpc) is 2.67. The summed E-state index contributed by atoms with van der Waals surface area (Å²) < 4.78 is 19.1. The molecular formula is C10H10O8. The molecule has 8 heteroatoms. The molecule has 2 aliphatic rings. The molecule has 0 aliphatic carbocycles. The smallest absolute Gasteiger partial charge is 0.352 e. The molecule has 2 aliphatic heterocycles. The molecule has 0 aromatic rings. The highest BCUT2D eigenvalue weighted by Crippen LogP contribution is 2.32. The molecule has 0 amide bonds. The van der Waals surface area contributed by atoms with Gasteiger partial charge in [0.25, 0.3) is 0 Å². The molecule has 8 nitrogen and oxygen atoms in total. The highest BCUT2D eigenvalue weighted by Gasteiger charge is 2.61. The van der Waals surface area contributed by atoms with Gasteiger partial charge in [0.1, 0.15) is 0 Å². The van der Waals surface area contributed by atoms with Gasteiger partial charge in [0.05, 0.1) is 0 Å². The van der Waals surface area contributed by atoms with Crippen LogP contribution in [0.2, 0.25) is 0 Å². The van der Waals surface area contributed by atoms with E-state index >= 15 is 0 Å². The van der Waals surface area contributed by atoms with Crippen molar-refractivity contribution in [3.8, 4) is 0 Å². The van der Waals surface area contributed by atoms with Gasteiger partial charge in [0.2, 0.25) is 12.2 Å². The molecule has 0 N–H and O–H groups in total. The first kappa shape index (κ1) is 12.3. The molecular weight excluding hydrogens is 248 g/mol. The number of hydrogen-bond acceptors (Lipinski definition) is 8. The third-order valence-electron chi connectivity index (χ3n) is 2.48. The molecule has 0 bridgehead atoms. The van der Waals surface area contributed by atoms with Crippen LogP contribution in [0.25, 0.3) is 0 Å². The number of fused-ring (bicyclic) bond motifs is 1. The molecule has 2 heterocycles. The van der Waals surface area contributed by atoms with Gasteiger partial charge >= 0.3 is 23.9 Å². The van der Waals surface area contributed by atoms with Crippen molar-refractivity contribution in [1.82, 2.24) is 0 Å². The van der Waals surface area contributed by atoms with E-state index in [1.165, 1.54) is 0 Å². The fourth-order valence-electron chi connectivity index (χ4n) is 1.86. The van der Waals surface area contributed by atoms with Gasteiger partial charge < -0.3 is 18.9 Å². The standard InChI is InChI=1S/C10H10O8/c1-3(11)15-7-5-6(18-9(7)13)8(10(14)17-5)16-4(2)12/h5-8H,1-2H3. The molecule has 0 spiro atoms. The van der Waals surface area contributed by atoms with Crippen molar-refractivity contribution >= 4 is 23.9 Å². The lowest BCUT2D eigenvalue weighted by Crippen LogP contribution is -2.36. The lowest BCUT2D eigenvalue weighted by Gasteiger charge is -2.12. The zero-order valence-corrected chi connectivity index (χ0v) is 9.58. The summed E-state index contributed by atoms with van der Waals surface area (Å²) in [4.78, 5) is 44.5. The minimum Gasteiger partial charge on any atom is -0.451 e. The third-order valence-corrected chi connectivity index (χ3v) is 2.48. The van der Waals surface area contributed by atoms with E-state index in [2.05, 4.69) is 0 Å². The Balaban J connectivity index is 2.16. The van der Waals surface area contributed by atoms with Crippen LogP contribution >= 0.6 is 0 Å². The number of rotatable bonds is 2. The second kappa shape index (κ2) is 4.28. The lowest BCUT2D eigenvalue weighted by atomic mass is 10.1. The van der Waals surface area contributed by atoms with Gasteiger partial charge in [-0.15, -0.1) is 0 Å². The maximum atomic E-state index is 11.4. The van der Waals surface area contributed by atoms with Crippen LogP contribution in [0, 0.1) is 0 Å². The summed E-state index contributed by atoms with van der Waals surface area (Å²) in [6.45, 7) is 2.22. The third kappa shape index (κ3) is 2.01. The van der Waals surface area contributed by atoms with Crippen LogP contribution in [-0.4, -0.2) is 48.3 Å². The van der Waals surface area contributed by atoms with Crippen molar-refractivity contribution in [3.05, 3.63) is 0 Å². The van der Waals surface area contributed by atoms with E-state index in [-0.39, 0.29) is 0 Å². The summed E-state index contributed by atoms with van der Waals surface area (Å²) in [5.74, 6) is -3.07. The van der Waals surface area contributed by atoms with Crippen LogP contribution in [-0.2, 0) is 38.1 Å². The summed E-state index contributed by atoms with van der Waals surface area (Å²) in [7, 11) is 0.